The summed E-state index contributed by atoms with van der Waals surface area (Å²) in [5.74, 6) is 0.400. The van der Waals surface area contributed by atoms with Crippen molar-refractivity contribution in [3.8, 4) is 17.0 Å². The Kier molecular flexibility index (Phi) is 5.11. The van der Waals surface area contributed by atoms with E-state index < -0.39 is 0 Å². The minimum absolute atomic E-state index is 0.179. The lowest BCUT2D eigenvalue weighted by Crippen LogP contribution is -2.30. The van der Waals surface area contributed by atoms with Gasteiger partial charge in [0.15, 0.2) is 17.1 Å². The Bertz CT molecular complexity index is 1210. The Labute approximate surface area is 166 Å². The Morgan fingerprint density at radius 1 is 1.14 bits per heavy atom. The second-order valence-corrected chi connectivity index (χ2v) is 6.42. The Hall–Kier alpha value is -3.87. The van der Waals surface area contributed by atoms with Crippen LogP contribution in [0.25, 0.3) is 22.2 Å². The SMILES string of the molecule is COc1cccc2cc(C(=O)NCCn3cnc(-c4ccccc4)cc3=O)oc12. The van der Waals surface area contributed by atoms with Crippen LogP contribution in [0.2, 0.25) is 0 Å². The van der Waals surface area contributed by atoms with Crippen molar-refractivity contribution in [1.82, 2.24) is 14.9 Å². The molecule has 7 nitrogen and oxygen atoms in total. The van der Waals surface area contributed by atoms with Crippen molar-refractivity contribution in [1.29, 1.82) is 0 Å². The standard InChI is InChI=1S/C22H19N3O4/c1-28-18-9-5-8-16-12-19(29-21(16)18)22(27)23-10-11-25-14-24-17(13-20(25)26)15-6-3-2-4-7-15/h2-9,12-14H,10-11H2,1H3,(H,23,27). The van der Waals surface area contributed by atoms with Crippen LogP contribution in [0.15, 0.2) is 76.2 Å². The predicted molar refractivity (Wildman–Crippen MR) is 109 cm³/mol. The van der Waals surface area contributed by atoms with Gasteiger partial charge in [-0.05, 0) is 12.1 Å². The van der Waals surface area contributed by atoms with Crippen LogP contribution in [0.4, 0.5) is 0 Å². The van der Waals surface area contributed by atoms with E-state index in [9.17, 15) is 9.59 Å². The summed E-state index contributed by atoms with van der Waals surface area (Å²) in [6.45, 7) is 0.565. The molecule has 0 saturated heterocycles. The summed E-state index contributed by atoms with van der Waals surface area (Å²) in [4.78, 5) is 29.0. The van der Waals surface area contributed by atoms with Crippen molar-refractivity contribution in [2.75, 3.05) is 13.7 Å². The number of rotatable bonds is 6. The summed E-state index contributed by atoms with van der Waals surface area (Å²) < 4.78 is 12.3. The van der Waals surface area contributed by atoms with E-state index in [1.807, 2.05) is 42.5 Å². The number of hydrogen-bond acceptors (Lipinski definition) is 5. The molecule has 0 atom stereocenters. The zero-order valence-electron chi connectivity index (χ0n) is 15.8. The molecular formula is C22H19N3O4. The van der Waals surface area contributed by atoms with Gasteiger partial charge in [0.05, 0.1) is 19.1 Å². The number of hydrogen-bond donors (Lipinski definition) is 1. The molecule has 29 heavy (non-hydrogen) atoms. The number of carbonyl (C=O) groups excluding carboxylic acids is 1. The minimum Gasteiger partial charge on any atom is -0.493 e. The Balaban J connectivity index is 1.41. The highest BCUT2D eigenvalue weighted by molar-refractivity contribution is 5.97. The van der Waals surface area contributed by atoms with Crippen molar-refractivity contribution >= 4 is 16.9 Å². The fourth-order valence-electron chi connectivity index (χ4n) is 3.05. The fourth-order valence-corrected chi connectivity index (χ4v) is 3.05. The third kappa shape index (κ3) is 3.89. The van der Waals surface area contributed by atoms with Crippen LogP contribution in [0.5, 0.6) is 5.75 Å². The van der Waals surface area contributed by atoms with Gasteiger partial charge in [-0.15, -0.1) is 0 Å². The molecule has 0 fully saturated rings. The number of benzene rings is 2. The highest BCUT2D eigenvalue weighted by Crippen LogP contribution is 2.28. The molecule has 0 bridgehead atoms. The van der Waals surface area contributed by atoms with E-state index in [4.69, 9.17) is 9.15 Å². The second-order valence-electron chi connectivity index (χ2n) is 6.42. The van der Waals surface area contributed by atoms with Gasteiger partial charge in [-0.3, -0.25) is 14.2 Å². The molecule has 2 heterocycles. The van der Waals surface area contributed by atoms with Crippen molar-refractivity contribution in [2.45, 2.75) is 6.54 Å². The zero-order chi connectivity index (χ0) is 20.2. The van der Waals surface area contributed by atoms with Crippen molar-refractivity contribution in [2.24, 2.45) is 0 Å². The van der Waals surface area contributed by atoms with Crippen molar-refractivity contribution < 1.29 is 13.9 Å². The summed E-state index contributed by atoms with van der Waals surface area (Å²) in [6, 6.07) is 18.1. The first kappa shape index (κ1) is 18.5. The lowest BCUT2D eigenvalue weighted by Gasteiger charge is -2.07. The van der Waals surface area contributed by atoms with Crippen molar-refractivity contribution in [3.05, 3.63) is 83.1 Å². The molecule has 1 N–H and O–H groups in total. The first-order valence-corrected chi connectivity index (χ1v) is 9.12. The van der Waals surface area contributed by atoms with E-state index in [0.717, 1.165) is 10.9 Å². The lowest BCUT2D eigenvalue weighted by molar-refractivity contribution is 0.0926. The zero-order valence-corrected chi connectivity index (χ0v) is 15.8. The maximum Gasteiger partial charge on any atom is 0.287 e. The van der Waals surface area contributed by atoms with Crippen molar-refractivity contribution in [3.63, 3.8) is 0 Å². The average molecular weight is 389 g/mol. The quantitative estimate of drug-likeness (QED) is 0.548. The van der Waals surface area contributed by atoms with E-state index in [-0.39, 0.29) is 23.8 Å². The fraction of sp³-hybridized carbons (Fsp3) is 0.136. The molecule has 0 aliphatic carbocycles. The number of methoxy groups -OCH3 is 1. The van der Waals surface area contributed by atoms with Crippen LogP contribution in [-0.4, -0.2) is 29.1 Å². The Morgan fingerprint density at radius 2 is 1.97 bits per heavy atom. The van der Waals surface area contributed by atoms with Crippen LogP contribution < -0.4 is 15.6 Å². The van der Waals surface area contributed by atoms with Gasteiger partial charge in [-0.2, -0.15) is 0 Å². The van der Waals surface area contributed by atoms with Gasteiger partial charge in [-0.25, -0.2) is 4.98 Å². The highest BCUT2D eigenvalue weighted by Gasteiger charge is 2.14. The third-order valence-electron chi connectivity index (χ3n) is 4.54. The minimum atomic E-state index is -0.356. The maximum absolute atomic E-state index is 12.4. The van der Waals surface area contributed by atoms with E-state index in [1.165, 1.54) is 17.0 Å². The summed E-state index contributed by atoms with van der Waals surface area (Å²) in [5, 5.41) is 3.54. The summed E-state index contributed by atoms with van der Waals surface area (Å²) in [6.07, 6.45) is 1.49. The number of furan rings is 1. The average Bonchev–Trinajstić information content (AvgIpc) is 3.20. The molecule has 0 spiro atoms. The molecule has 0 aliphatic rings. The Morgan fingerprint density at radius 3 is 2.72 bits per heavy atom. The summed E-state index contributed by atoms with van der Waals surface area (Å²) >= 11 is 0. The van der Waals surface area contributed by atoms with Gasteiger partial charge in [-0.1, -0.05) is 42.5 Å². The number of para-hydroxylation sites is 1. The number of nitrogens with zero attached hydrogens (tertiary/aromatic N) is 2. The third-order valence-corrected chi connectivity index (χ3v) is 4.54. The molecule has 2 aromatic carbocycles. The van der Waals surface area contributed by atoms with Gasteiger partial charge in [0.2, 0.25) is 0 Å². The molecule has 4 rings (SSSR count). The van der Waals surface area contributed by atoms with Gasteiger partial charge < -0.3 is 14.5 Å². The number of carbonyl (C=O) groups is 1. The van der Waals surface area contributed by atoms with Crippen LogP contribution >= 0.6 is 0 Å². The first-order chi connectivity index (χ1) is 14.2. The maximum atomic E-state index is 12.4. The van der Waals surface area contributed by atoms with Gasteiger partial charge in [0.25, 0.3) is 11.5 Å². The van der Waals surface area contributed by atoms with Gasteiger partial charge in [0, 0.05) is 30.1 Å². The number of aromatic nitrogens is 2. The molecule has 7 heteroatoms. The van der Waals surface area contributed by atoms with Crippen LogP contribution in [0.1, 0.15) is 10.6 Å². The number of amides is 1. The van der Waals surface area contributed by atoms with E-state index in [2.05, 4.69) is 10.3 Å². The van der Waals surface area contributed by atoms with Crippen LogP contribution in [0, 0.1) is 0 Å². The highest BCUT2D eigenvalue weighted by atomic mass is 16.5. The van der Waals surface area contributed by atoms with Crippen LogP contribution in [0.3, 0.4) is 0 Å². The summed E-state index contributed by atoms with van der Waals surface area (Å²) in [7, 11) is 1.55. The van der Waals surface area contributed by atoms with Crippen LogP contribution in [-0.2, 0) is 6.54 Å². The molecule has 0 saturated carbocycles. The second kappa shape index (κ2) is 8.02. The molecule has 0 radical (unpaired) electrons. The first-order valence-electron chi connectivity index (χ1n) is 9.12. The molecule has 146 valence electrons. The van der Waals surface area contributed by atoms with E-state index in [0.29, 0.717) is 23.6 Å². The molecular weight excluding hydrogens is 370 g/mol. The van der Waals surface area contributed by atoms with Gasteiger partial charge >= 0.3 is 0 Å². The van der Waals surface area contributed by atoms with E-state index in [1.54, 1.807) is 19.2 Å². The molecule has 1 amide bonds. The predicted octanol–water partition coefficient (Wildman–Crippen LogP) is 3.10. The topological polar surface area (TPSA) is 86.4 Å². The monoisotopic (exact) mass is 389 g/mol. The lowest BCUT2D eigenvalue weighted by atomic mass is 10.1. The largest absolute Gasteiger partial charge is 0.493 e. The summed E-state index contributed by atoms with van der Waals surface area (Å²) in [5.41, 5.74) is 1.84. The number of nitrogens with one attached hydrogen (secondary N) is 1. The van der Waals surface area contributed by atoms with Gasteiger partial charge in [0.1, 0.15) is 0 Å². The van der Waals surface area contributed by atoms with E-state index >= 15 is 0 Å². The molecule has 0 aliphatic heterocycles. The number of fused-ring (bicyclic) bond motifs is 1. The normalized spacial score (nSPS) is 10.8. The molecule has 2 aromatic heterocycles. The number of ether oxygens (including phenoxy) is 1. The molecule has 4 aromatic rings. The molecule has 0 unspecified atom stereocenters. The smallest absolute Gasteiger partial charge is 0.287 e.